The van der Waals surface area contributed by atoms with Gasteiger partial charge in [-0.05, 0) is 37.1 Å². The molecule has 4 rings (SSSR count). The van der Waals surface area contributed by atoms with Gasteiger partial charge < -0.3 is 24.4 Å². The highest BCUT2D eigenvalue weighted by atomic mass is 16.5. The summed E-state index contributed by atoms with van der Waals surface area (Å²) in [6, 6.07) is 18.5. The number of esters is 1. The van der Waals surface area contributed by atoms with Crippen LogP contribution in [0.25, 0.3) is 0 Å². The topological polar surface area (TPSA) is 101 Å². The Balaban J connectivity index is 1.70. The van der Waals surface area contributed by atoms with E-state index >= 15 is 0 Å². The Bertz CT molecular complexity index is 1210. The van der Waals surface area contributed by atoms with Crippen molar-refractivity contribution in [3.8, 4) is 11.5 Å². The van der Waals surface area contributed by atoms with Crippen molar-refractivity contribution in [2.75, 3.05) is 6.61 Å². The van der Waals surface area contributed by atoms with Gasteiger partial charge >= 0.3 is 11.6 Å². The second kappa shape index (κ2) is 9.01. The van der Waals surface area contributed by atoms with E-state index < -0.39 is 17.5 Å². The Morgan fingerprint density at radius 1 is 1.09 bits per heavy atom. The number of carbonyl (C=O) groups is 1. The van der Waals surface area contributed by atoms with Gasteiger partial charge in [-0.25, -0.2) is 9.59 Å². The average molecular weight is 433 g/mol. The predicted molar refractivity (Wildman–Crippen MR) is 117 cm³/mol. The third kappa shape index (κ3) is 4.23. The lowest BCUT2D eigenvalue weighted by Crippen LogP contribution is -2.31. The molecule has 3 aromatic rings. The van der Waals surface area contributed by atoms with Crippen LogP contribution in [0.5, 0.6) is 11.5 Å². The maximum atomic E-state index is 12.7. The van der Waals surface area contributed by atoms with Gasteiger partial charge in [-0.2, -0.15) is 0 Å². The highest BCUT2D eigenvalue weighted by Crippen LogP contribution is 2.41. The van der Waals surface area contributed by atoms with Gasteiger partial charge in [0.15, 0.2) is 0 Å². The summed E-state index contributed by atoms with van der Waals surface area (Å²) in [6.07, 6.45) is 0. The van der Waals surface area contributed by atoms with Crippen molar-refractivity contribution in [3.63, 3.8) is 0 Å². The zero-order valence-electron chi connectivity index (χ0n) is 17.8. The molecular weight excluding hydrogens is 410 g/mol. The molecule has 1 atom stereocenters. The van der Waals surface area contributed by atoms with E-state index in [1.165, 1.54) is 0 Å². The maximum Gasteiger partial charge on any atom is 0.343 e. The van der Waals surface area contributed by atoms with Crippen molar-refractivity contribution in [3.05, 3.63) is 105 Å². The molecule has 0 bridgehead atoms. The molecule has 1 aliphatic rings. The first-order valence-corrected chi connectivity index (χ1v) is 10.2. The van der Waals surface area contributed by atoms with Gasteiger partial charge in [0, 0.05) is 6.07 Å². The third-order valence-corrected chi connectivity index (χ3v) is 5.09. The number of benzene rings is 2. The van der Waals surface area contributed by atoms with E-state index in [-0.39, 0.29) is 29.4 Å². The van der Waals surface area contributed by atoms with E-state index in [4.69, 9.17) is 24.4 Å². The fraction of sp³-hybridized carbons (Fsp3) is 0.200. The summed E-state index contributed by atoms with van der Waals surface area (Å²) in [6.45, 7) is 3.91. The lowest BCUT2D eigenvalue weighted by Gasteiger charge is -2.27. The molecule has 1 aliphatic heterocycles. The molecule has 2 aromatic carbocycles. The lowest BCUT2D eigenvalue weighted by molar-refractivity contribution is -0.139. The van der Waals surface area contributed by atoms with Crippen LogP contribution in [-0.2, 0) is 16.1 Å². The van der Waals surface area contributed by atoms with Crippen LogP contribution in [0.15, 0.2) is 81.3 Å². The number of aryl methyl sites for hydroxylation is 1. The van der Waals surface area contributed by atoms with E-state index in [0.717, 1.165) is 5.56 Å². The van der Waals surface area contributed by atoms with E-state index in [9.17, 15) is 9.59 Å². The summed E-state index contributed by atoms with van der Waals surface area (Å²) in [5.74, 6) is -0.253. The summed E-state index contributed by atoms with van der Waals surface area (Å²) < 4.78 is 21.9. The molecule has 7 heteroatoms. The summed E-state index contributed by atoms with van der Waals surface area (Å²) in [7, 11) is 0. The van der Waals surface area contributed by atoms with Gasteiger partial charge in [0.1, 0.15) is 29.4 Å². The lowest BCUT2D eigenvalue weighted by atomic mass is 9.83. The molecule has 0 saturated heterocycles. The number of hydrogen-bond donors (Lipinski definition) is 1. The fourth-order valence-corrected chi connectivity index (χ4v) is 3.66. The van der Waals surface area contributed by atoms with Crippen LogP contribution in [0, 0.1) is 6.92 Å². The molecule has 0 spiro atoms. The molecule has 0 aliphatic carbocycles. The number of rotatable bonds is 6. The molecule has 0 amide bonds. The molecule has 32 heavy (non-hydrogen) atoms. The van der Waals surface area contributed by atoms with Crippen LogP contribution in [0.2, 0.25) is 0 Å². The first-order chi connectivity index (χ1) is 15.5. The Labute approximate surface area is 185 Å². The van der Waals surface area contributed by atoms with E-state index in [1.807, 2.05) is 30.3 Å². The fourth-order valence-electron chi connectivity index (χ4n) is 3.66. The zero-order chi connectivity index (χ0) is 22.7. The molecule has 2 N–H and O–H groups in total. The number of ether oxygens (including phenoxy) is 3. The quantitative estimate of drug-likeness (QED) is 0.590. The van der Waals surface area contributed by atoms with E-state index in [2.05, 4.69) is 0 Å². The molecule has 7 nitrogen and oxygen atoms in total. The molecular formula is C25H23NO6. The van der Waals surface area contributed by atoms with Crippen molar-refractivity contribution in [1.29, 1.82) is 0 Å². The van der Waals surface area contributed by atoms with E-state index in [1.54, 1.807) is 44.2 Å². The van der Waals surface area contributed by atoms with Crippen LogP contribution in [-0.4, -0.2) is 12.6 Å². The Hall–Kier alpha value is -4.00. The molecule has 2 heterocycles. The van der Waals surface area contributed by atoms with Crippen molar-refractivity contribution in [2.24, 2.45) is 5.73 Å². The molecule has 1 aromatic heterocycles. The first kappa shape index (κ1) is 21.2. The second-order valence-corrected chi connectivity index (χ2v) is 7.30. The van der Waals surface area contributed by atoms with Gasteiger partial charge in [-0.1, -0.05) is 42.5 Å². The smallest absolute Gasteiger partial charge is 0.343 e. The van der Waals surface area contributed by atoms with Crippen molar-refractivity contribution in [1.82, 2.24) is 0 Å². The molecule has 0 radical (unpaired) electrons. The van der Waals surface area contributed by atoms with Gasteiger partial charge in [0.2, 0.25) is 5.88 Å². The Kier molecular flexibility index (Phi) is 5.98. The number of hydrogen-bond acceptors (Lipinski definition) is 7. The minimum absolute atomic E-state index is 0.0634. The average Bonchev–Trinajstić information content (AvgIpc) is 2.77. The monoisotopic (exact) mass is 433 g/mol. The highest BCUT2D eigenvalue weighted by Gasteiger charge is 2.38. The van der Waals surface area contributed by atoms with E-state index in [0.29, 0.717) is 23.7 Å². The summed E-state index contributed by atoms with van der Waals surface area (Å²) in [5.41, 5.74) is 7.46. The standard InChI is InChI=1S/C25H23NO6/c1-3-29-24(27)22-20(21-19(32-23(22)26)13-15(2)31-25(21)28)17-9-11-18(12-10-17)30-14-16-7-5-4-6-8-16/h4-13,20H,3,14,26H2,1-2H3/t20-/m1/s1. The molecule has 164 valence electrons. The summed E-state index contributed by atoms with van der Waals surface area (Å²) >= 11 is 0. The molecule has 0 saturated carbocycles. The maximum absolute atomic E-state index is 12.7. The number of fused-ring (bicyclic) bond motifs is 1. The third-order valence-electron chi connectivity index (χ3n) is 5.09. The van der Waals surface area contributed by atoms with Crippen LogP contribution in [0.1, 0.15) is 35.3 Å². The number of nitrogens with two attached hydrogens (primary N) is 1. The second-order valence-electron chi connectivity index (χ2n) is 7.30. The van der Waals surface area contributed by atoms with Crippen LogP contribution in [0.4, 0.5) is 0 Å². The number of carbonyl (C=O) groups excluding carboxylic acids is 1. The van der Waals surface area contributed by atoms with Crippen molar-refractivity contribution >= 4 is 5.97 Å². The van der Waals surface area contributed by atoms with Gasteiger partial charge in [-0.15, -0.1) is 0 Å². The van der Waals surface area contributed by atoms with Crippen LogP contribution < -0.4 is 20.8 Å². The van der Waals surface area contributed by atoms with Crippen LogP contribution in [0.3, 0.4) is 0 Å². The Morgan fingerprint density at radius 3 is 2.50 bits per heavy atom. The normalized spacial score (nSPS) is 15.0. The summed E-state index contributed by atoms with van der Waals surface area (Å²) in [5, 5.41) is 0. The van der Waals surface area contributed by atoms with Gasteiger partial charge in [0.05, 0.1) is 18.1 Å². The molecule has 0 fully saturated rings. The minimum atomic E-state index is -0.794. The predicted octanol–water partition coefficient (Wildman–Crippen LogP) is 3.78. The zero-order valence-corrected chi connectivity index (χ0v) is 17.8. The van der Waals surface area contributed by atoms with Crippen molar-refractivity contribution in [2.45, 2.75) is 26.4 Å². The van der Waals surface area contributed by atoms with Crippen LogP contribution >= 0.6 is 0 Å². The summed E-state index contributed by atoms with van der Waals surface area (Å²) in [4.78, 5) is 25.4. The Morgan fingerprint density at radius 2 is 1.81 bits per heavy atom. The minimum Gasteiger partial charge on any atom is -0.489 e. The SMILES string of the molecule is CCOC(=O)C1=C(N)Oc2cc(C)oc(=O)c2[C@H]1c1ccc(OCc2ccccc2)cc1. The van der Waals surface area contributed by atoms with Crippen molar-refractivity contribution < 1.29 is 23.4 Å². The largest absolute Gasteiger partial charge is 0.489 e. The van der Waals surface area contributed by atoms with Gasteiger partial charge in [0.25, 0.3) is 0 Å². The highest BCUT2D eigenvalue weighted by molar-refractivity contribution is 5.92. The first-order valence-electron chi connectivity index (χ1n) is 10.2. The molecule has 0 unspecified atom stereocenters. The van der Waals surface area contributed by atoms with Gasteiger partial charge in [-0.3, -0.25) is 0 Å².